The maximum absolute atomic E-state index is 12.8. The molecule has 0 aliphatic carbocycles. The monoisotopic (exact) mass is 276 g/mol. The Hall–Kier alpha value is -2.56. The molecule has 0 aromatic heterocycles. The van der Waals surface area contributed by atoms with E-state index in [9.17, 15) is 9.18 Å². The summed E-state index contributed by atoms with van der Waals surface area (Å²) < 4.78 is 23.5. The van der Waals surface area contributed by atoms with Gasteiger partial charge in [0.05, 0.1) is 13.5 Å². The van der Waals surface area contributed by atoms with Gasteiger partial charge in [-0.05, 0) is 42.5 Å². The zero-order valence-electron chi connectivity index (χ0n) is 10.8. The number of methoxy groups -OCH3 is 1. The maximum atomic E-state index is 12.8. The van der Waals surface area contributed by atoms with Crippen LogP contribution in [-0.2, 0) is 11.2 Å². The molecule has 2 rings (SSSR count). The van der Waals surface area contributed by atoms with Crippen LogP contribution in [0, 0.1) is 5.82 Å². The fourth-order valence-electron chi connectivity index (χ4n) is 1.71. The molecule has 2 aromatic rings. The summed E-state index contributed by atoms with van der Waals surface area (Å²) in [4.78, 5) is 10.9. The highest BCUT2D eigenvalue weighted by Crippen LogP contribution is 2.29. The fraction of sp³-hybridized carbons (Fsp3) is 0.133. The molecule has 0 bridgehead atoms. The van der Waals surface area contributed by atoms with Crippen molar-refractivity contribution in [2.24, 2.45) is 0 Å². The molecule has 1 N–H and O–H groups in total. The zero-order chi connectivity index (χ0) is 14.5. The Morgan fingerprint density at radius 3 is 2.40 bits per heavy atom. The van der Waals surface area contributed by atoms with E-state index < -0.39 is 5.97 Å². The summed E-state index contributed by atoms with van der Waals surface area (Å²) >= 11 is 0. The quantitative estimate of drug-likeness (QED) is 0.910. The van der Waals surface area contributed by atoms with E-state index in [1.165, 1.54) is 31.4 Å². The van der Waals surface area contributed by atoms with Crippen LogP contribution >= 0.6 is 0 Å². The molecule has 0 radical (unpaired) electrons. The van der Waals surface area contributed by atoms with Gasteiger partial charge in [0.25, 0.3) is 0 Å². The van der Waals surface area contributed by atoms with Gasteiger partial charge in [-0.1, -0.05) is 0 Å². The molecule has 4 nitrogen and oxygen atoms in total. The number of hydrogen-bond donors (Lipinski definition) is 1. The number of carboxylic acid groups (broad SMARTS) is 1. The lowest BCUT2D eigenvalue weighted by atomic mass is 10.1. The standard InChI is InChI=1S/C15H13FO4/c1-19-13-6-7-14(10(8-13)9-15(17)18)20-12-4-2-11(16)3-5-12/h2-8H,9H2,1H3,(H,17,18). The van der Waals surface area contributed by atoms with Gasteiger partial charge in [0.2, 0.25) is 0 Å². The second-order valence-electron chi connectivity index (χ2n) is 4.10. The molecule has 0 fully saturated rings. The minimum absolute atomic E-state index is 0.187. The third-order valence-corrected chi connectivity index (χ3v) is 2.65. The van der Waals surface area contributed by atoms with Gasteiger partial charge >= 0.3 is 5.97 Å². The van der Waals surface area contributed by atoms with Gasteiger partial charge in [0, 0.05) is 5.56 Å². The Morgan fingerprint density at radius 1 is 1.15 bits per heavy atom. The number of carbonyl (C=O) groups is 1. The van der Waals surface area contributed by atoms with Crippen molar-refractivity contribution in [2.45, 2.75) is 6.42 Å². The zero-order valence-corrected chi connectivity index (χ0v) is 10.8. The molecule has 0 amide bonds. The van der Waals surface area contributed by atoms with Crippen LogP contribution in [0.2, 0.25) is 0 Å². The molecule has 0 aliphatic heterocycles. The third-order valence-electron chi connectivity index (χ3n) is 2.65. The second-order valence-corrected chi connectivity index (χ2v) is 4.10. The molecule has 5 heteroatoms. The predicted molar refractivity (Wildman–Crippen MR) is 70.8 cm³/mol. The lowest BCUT2D eigenvalue weighted by Gasteiger charge is -2.11. The number of hydrogen-bond acceptors (Lipinski definition) is 3. The van der Waals surface area contributed by atoms with Crippen molar-refractivity contribution in [1.29, 1.82) is 0 Å². The normalized spacial score (nSPS) is 10.1. The van der Waals surface area contributed by atoms with E-state index in [0.717, 1.165) is 0 Å². The van der Waals surface area contributed by atoms with Crippen molar-refractivity contribution >= 4 is 5.97 Å². The average molecular weight is 276 g/mol. The lowest BCUT2D eigenvalue weighted by Crippen LogP contribution is -2.02. The van der Waals surface area contributed by atoms with Crippen LogP contribution in [0.3, 0.4) is 0 Å². The van der Waals surface area contributed by atoms with Gasteiger partial charge in [-0.3, -0.25) is 4.79 Å². The number of ether oxygens (including phenoxy) is 2. The van der Waals surface area contributed by atoms with Crippen LogP contribution < -0.4 is 9.47 Å². The van der Waals surface area contributed by atoms with E-state index in [1.54, 1.807) is 18.2 Å². The predicted octanol–water partition coefficient (Wildman–Crippen LogP) is 3.25. The first-order valence-corrected chi connectivity index (χ1v) is 5.90. The molecule has 0 atom stereocenters. The van der Waals surface area contributed by atoms with E-state index in [0.29, 0.717) is 22.8 Å². The molecule has 0 spiro atoms. The summed E-state index contributed by atoms with van der Waals surface area (Å²) in [7, 11) is 1.50. The van der Waals surface area contributed by atoms with Gasteiger partial charge in [0.1, 0.15) is 23.1 Å². The van der Waals surface area contributed by atoms with E-state index >= 15 is 0 Å². The van der Waals surface area contributed by atoms with Crippen molar-refractivity contribution in [3.63, 3.8) is 0 Å². The highest BCUT2D eigenvalue weighted by molar-refractivity contribution is 5.71. The van der Waals surface area contributed by atoms with Crippen molar-refractivity contribution in [3.8, 4) is 17.2 Å². The van der Waals surface area contributed by atoms with Gasteiger partial charge < -0.3 is 14.6 Å². The molecule has 0 heterocycles. The Morgan fingerprint density at radius 2 is 1.80 bits per heavy atom. The molecular weight excluding hydrogens is 263 g/mol. The summed E-state index contributed by atoms with van der Waals surface area (Å²) in [6.45, 7) is 0. The summed E-state index contributed by atoms with van der Waals surface area (Å²) in [6.07, 6.45) is -0.187. The highest BCUT2D eigenvalue weighted by atomic mass is 19.1. The Labute approximate surface area is 115 Å². The average Bonchev–Trinajstić information content (AvgIpc) is 2.42. The minimum Gasteiger partial charge on any atom is -0.497 e. The Bertz CT molecular complexity index is 608. The maximum Gasteiger partial charge on any atom is 0.307 e. The van der Waals surface area contributed by atoms with Crippen LogP contribution in [0.25, 0.3) is 0 Å². The number of aliphatic carboxylic acids is 1. The SMILES string of the molecule is COc1ccc(Oc2ccc(F)cc2)c(CC(=O)O)c1. The van der Waals surface area contributed by atoms with Gasteiger partial charge in [0.15, 0.2) is 0 Å². The Balaban J connectivity index is 2.29. The van der Waals surface area contributed by atoms with Crippen LogP contribution in [0.5, 0.6) is 17.2 Å². The number of rotatable bonds is 5. The van der Waals surface area contributed by atoms with Crippen LogP contribution in [-0.4, -0.2) is 18.2 Å². The second kappa shape index (κ2) is 6.06. The minimum atomic E-state index is -0.970. The van der Waals surface area contributed by atoms with Crippen LogP contribution in [0.1, 0.15) is 5.56 Å². The van der Waals surface area contributed by atoms with Gasteiger partial charge in [-0.15, -0.1) is 0 Å². The van der Waals surface area contributed by atoms with E-state index in [-0.39, 0.29) is 12.2 Å². The first-order valence-electron chi connectivity index (χ1n) is 5.90. The first-order chi connectivity index (χ1) is 9.58. The summed E-state index contributed by atoms with van der Waals surface area (Å²) in [6, 6.07) is 10.4. The molecule has 104 valence electrons. The van der Waals surface area contributed by atoms with E-state index in [2.05, 4.69) is 0 Å². The summed E-state index contributed by atoms with van der Waals surface area (Å²) in [5, 5.41) is 8.91. The fourth-order valence-corrected chi connectivity index (χ4v) is 1.71. The number of carboxylic acids is 1. The molecular formula is C15H13FO4. The molecule has 0 saturated heterocycles. The van der Waals surface area contributed by atoms with Crippen molar-refractivity contribution in [1.82, 2.24) is 0 Å². The van der Waals surface area contributed by atoms with Gasteiger partial charge in [-0.2, -0.15) is 0 Å². The van der Waals surface area contributed by atoms with Crippen molar-refractivity contribution in [3.05, 3.63) is 53.8 Å². The van der Waals surface area contributed by atoms with Gasteiger partial charge in [-0.25, -0.2) is 4.39 Å². The van der Waals surface area contributed by atoms with Crippen molar-refractivity contribution in [2.75, 3.05) is 7.11 Å². The van der Waals surface area contributed by atoms with E-state index in [1.807, 2.05) is 0 Å². The highest BCUT2D eigenvalue weighted by Gasteiger charge is 2.10. The molecule has 2 aromatic carbocycles. The first kappa shape index (κ1) is 13.9. The summed E-state index contributed by atoms with van der Waals surface area (Å²) in [5.41, 5.74) is 0.487. The van der Waals surface area contributed by atoms with Crippen LogP contribution in [0.4, 0.5) is 4.39 Å². The smallest absolute Gasteiger partial charge is 0.307 e. The van der Waals surface area contributed by atoms with E-state index in [4.69, 9.17) is 14.6 Å². The molecule has 20 heavy (non-hydrogen) atoms. The molecule has 0 aliphatic rings. The molecule has 0 saturated carbocycles. The third kappa shape index (κ3) is 3.47. The number of halogens is 1. The molecule has 0 unspecified atom stereocenters. The number of benzene rings is 2. The largest absolute Gasteiger partial charge is 0.497 e. The lowest BCUT2D eigenvalue weighted by molar-refractivity contribution is -0.136. The topological polar surface area (TPSA) is 55.8 Å². The Kier molecular flexibility index (Phi) is 4.20. The van der Waals surface area contributed by atoms with Crippen molar-refractivity contribution < 1.29 is 23.8 Å². The van der Waals surface area contributed by atoms with Crippen LogP contribution in [0.15, 0.2) is 42.5 Å². The summed E-state index contributed by atoms with van der Waals surface area (Å²) in [5.74, 6) is 0.0516.